The maximum absolute atomic E-state index is 12.9. The molecule has 3 heteroatoms. The van der Waals surface area contributed by atoms with Crippen molar-refractivity contribution in [3.05, 3.63) is 108 Å². The molecule has 1 heterocycles. The minimum absolute atomic E-state index is 0.313. The van der Waals surface area contributed by atoms with Crippen molar-refractivity contribution in [1.82, 2.24) is 0 Å². The molecule has 32 heavy (non-hydrogen) atoms. The van der Waals surface area contributed by atoms with Gasteiger partial charge in [0.2, 0.25) is 0 Å². The molecule has 0 aliphatic heterocycles. The largest absolute Gasteiger partial charge is 0.462 e. The Kier molecular flexibility index (Phi) is 5.30. The number of esters is 1. The van der Waals surface area contributed by atoms with Gasteiger partial charge in [0.15, 0.2) is 0 Å². The zero-order valence-electron chi connectivity index (χ0n) is 17.7. The molecular weight excluding hydrogens is 396 g/mol. The van der Waals surface area contributed by atoms with Gasteiger partial charge in [-0.2, -0.15) is 0 Å². The van der Waals surface area contributed by atoms with Crippen LogP contribution in [0.4, 0.5) is 0 Å². The fourth-order valence-electron chi connectivity index (χ4n) is 3.98. The smallest absolute Gasteiger partial charge is 0.338 e. The maximum atomic E-state index is 12.9. The number of hydrogen-bond acceptors (Lipinski definition) is 3. The molecule has 0 fully saturated rings. The van der Waals surface area contributed by atoms with E-state index in [1.54, 1.807) is 0 Å². The van der Waals surface area contributed by atoms with Crippen molar-refractivity contribution in [2.75, 3.05) is 6.61 Å². The Hall–Kier alpha value is -4.11. The summed E-state index contributed by atoms with van der Waals surface area (Å²) >= 11 is 0. The summed E-state index contributed by atoms with van der Waals surface area (Å²) in [6, 6.07) is 32.1. The van der Waals surface area contributed by atoms with Crippen LogP contribution in [0.25, 0.3) is 44.7 Å². The topological polar surface area (TPSA) is 39.4 Å². The van der Waals surface area contributed by atoms with Gasteiger partial charge in [0, 0.05) is 16.3 Å². The van der Waals surface area contributed by atoms with Crippen LogP contribution in [0.15, 0.2) is 101 Å². The Balaban J connectivity index is 1.62. The van der Waals surface area contributed by atoms with Crippen molar-refractivity contribution in [1.29, 1.82) is 0 Å². The lowest BCUT2D eigenvalue weighted by molar-refractivity contribution is -0.136. The summed E-state index contributed by atoms with van der Waals surface area (Å²) in [4.78, 5) is 12.9. The first-order valence-electron chi connectivity index (χ1n) is 10.7. The molecule has 0 saturated heterocycles. The monoisotopic (exact) mass is 418 g/mol. The molecule has 4 aromatic carbocycles. The van der Waals surface area contributed by atoms with Gasteiger partial charge in [-0.15, -0.1) is 0 Å². The van der Waals surface area contributed by atoms with Crippen molar-refractivity contribution >= 4 is 39.6 Å². The van der Waals surface area contributed by atoms with E-state index < -0.39 is 0 Å². The van der Waals surface area contributed by atoms with E-state index in [4.69, 9.17) is 9.15 Å². The third kappa shape index (κ3) is 3.69. The Morgan fingerprint density at radius 2 is 1.47 bits per heavy atom. The molecule has 0 radical (unpaired) electrons. The van der Waals surface area contributed by atoms with Crippen LogP contribution in [0.3, 0.4) is 0 Å². The van der Waals surface area contributed by atoms with E-state index in [9.17, 15) is 4.79 Å². The van der Waals surface area contributed by atoms with Gasteiger partial charge in [-0.1, -0.05) is 91.0 Å². The second-order valence-corrected chi connectivity index (χ2v) is 7.54. The van der Waals surface area contributed by atoms with Gasteiger partial charge in [-0.3, -0.25) is 0 Å². The molecule has 0 amide bonds. The molecule has 0 spiro atoms. The summed E-state index contributed by atoms with van der Waals surface area (Å²) in [6.07, 6.45) is 1.86. The quantitative estimate of drug-likeness (QED) is 0.170. The zero-order valence-corrected chi connectivity index (χ0v) is 17.7. The molecule has 5 rings (SSSR count). The maximum Gasteiger partial charge on any atom is 0.338 e. The predicted molar refractivity (Wildman–Crippen MR) is 130 cm³/mol. The lowest BCUT2D eigenvalue weighted by Crippen LogP contribution is -2.07. The molecule has 0 saturated carbocycles. The summed E-state index contributed by atoms with van der Waals surface area (Å²) < 4.78 is 11.5. The number of hydrogen-bond donors (Lipinski definition) is 0. The van der Waals surface area contributed by atoms with Crippen molar-refractivity contribution < 1.29 is 13.9 Å². The van der Waals surface area contributed by atoms with Crippen LogP contribution in [0, 0.1) is 0 Å². The number of carbonyl (C=O) groups is 1. The first-order valence-corrected chi connectivity index (χ1v) is 10.7. The van der Waals surface area contributed by atoms with Crippen LogP contribution in [-0.4, -0.2) is 12.6 Å². The van der Waals surface area contributed by atoms with E-state index in [1.165, 1.54) is 0 Å². The van der Waals surface area contributed by atoms with Crippen molar-refractivity contribution in [3.63, 3.8) is 0 Å². The van der Waals surface area contributed by atoms with E-state index in [1.807, 2.05) is 97.9 Å². The lowest BCUT2D eigenvalue weighted by atomic mass is 9.98. The number of para-hydroxylation sites is 2. The number of fused-ring (bicyclic) bond motifs is 3. The normalized spacial score (nSPS) is 11.7. The third-order valence-electron chi connectivity index (χ3n) is 5.53. The fourth-order valence-corrected chi connectivity index (χ4v) is 3.98. The summed E-state index contributed by atoms with van der Waals surface area (Å²) in [5.74, 6) is -0.354. The molecule has 0 unspecified atom stereocenters. The van der Waals surface area contributed by atoms with Crippen molar-refractivity contribution in [2.24, 2.45) is 0 Å². The highest BCUT2D eigenvalue weighted by Crippen LogP contribution is 2.33. The number of benzene rings is 4. The highest BCUT2D eigenvalue weighted by Gasteiger charge is 2.16. The van der Waals surface area contributed by atoms with Crippen LogP contribution >= 0.6 is 0 Å². The average molecular weight is 418 g/mol. The molecule has 0 aliphatic rings. The predicted octanol–water partition coefficient (Wildman–Crippen LogP) is 7.36. The van der Waals surface area contributed by atoms with E-state index in [-0.39, 0.29) is 5.97 Å². The Bertz CT molecular complexity index is 1420. The highest BCUT2D eigenvalue weighted by atomic mass is 16.5. The van der Waals surface area contributed by atoms with Crippen LogP contribution in [0.5, 0.6) is 0 Å². The molecule has 156 valence electrons. The van der Waals surface area contributed by atoms with Crippen LogP contribution in [-0.2, 0) is 9.53 Å². The summed E-state index contributed by atoms with van der Waals surface area (Å²) in [6.45, 7) is 2.13. The average Bonchev–Trinajstić information content (AvgIpc) is 3.23. The first-order chi connectivity index (χ1) is 15.7. The van der Waals surface area contributed by atoms with Gasteiger partial charge in [0.05, 0.1) is 12.2 Å². The second kappa shape index (κ2) is 8.56. The van der Waals surface area contributed by atoms with Gasteiger partial charge in [0.25, 0.3) is 0 Å². The van der Waals surface area contributed by atoms with Crippen LogP contribution in [0.1, 0.15) is 18.1 Å². The second-order valence-electron chi connectivity index (χ2n) is 7.54. The first kappa shape index (κ1) is 19.8. The lowest BCUT2D eigenvalue weighted by Gasteiger charge is -2.09. The minimum Gasteiger partial charge on any atom is -0.462 e. The standard InChI is InChI=1S/C29H22O3/c1-2-31-29(30)26(22-17-15-21(16-18-22)20-9-4-3-5-10-20)19-23-11-8-13-25-24-12-6-7-14-27(24)32-28(23)25/h3-19H,2H2,1H3/b26-19-. The molecule has 1 aromatic heterocycles. The Morgan fingerprint density at radius 1 is 0.781 bits per heavy atom. The molecule has 0 bridgehead atoms. The number of carbonyl (C=O) groups excluding carboxylic acids is 1. The summed E-state index contributed by atoms with van der Waals surface area (Å²) in [7, 11) is 0. The Morgan fingerprint density at radius 3 is 2.25 bits per heavy atom. The van der Waals surface area contributed by atoms with Gasteiger partial charge in [-0.05, 0) is 35.8 Å². The van der Waals surface area contributed by atoms with Crippen LogP contribution < -0.4 is 0 Å². The van der Waals surface area contributed by atoms with Gasteiger partial charge in [-0.25, -0.2) is 4.79 Å². The third-order valence-corrected chi connectivity index (χ3v) is 5.53. The zero-order chi connectivity index (χ0) is 21.9. The Labute approximate surface area is 186 Å². The number of furan rings is 1. The van der Waals surface area contributed by atoms with Gasteiger partial charge < -0.3 is 9.15 Å². The SMILES string of the molecule is CCOC(=O)/C(=C\c1cccc2c1oc1ccccc12)c1ccc(-c2ccccc2)cc1. The molecule has 0 N–H and O–H groups in total. The molecular formula is C29H22O3. The van der Waals surface area contributed by atoms with E-state index in [0.29, 0.717) is 12.2 Å². The minimum atomic E-state index is -0.354. The number of ether oxygens (including phenoxy) is 1. The molecule has 3 nitrogen and oxygen atoms in total. The summed E-state index contributed by atoms with van der Waals surface area (Å²) in [5.41, 5.74) is 5.96. The fraction of sp³-hybridized carbons (Fsp3) is 0.0690. The van der Waals surface area contributed by atoms with Crippen molar-refractivity contribution in [3.8, 4) is 11.1 Å². The van der Waals surface area contributed by atoms with Crippen molar-refractivity contribution in [2.45, 2.75) is 6.92 Å². The van der Waals surface area contributed by atoms with E-state index in [2.05, 4.69) is 12.1 Å². The van der Waals surface area contributed by atoms with Crippen LogP contribution in [0.2, 0.25) is 0 Å². The highest BCUT2D eigenvalue weighted by molar-refractivity contribution is 6.23. The molecule has 5 aromatic rings. The summed E-state index contributed by atoms with van der Waals surface area (Å²) in [5, 5.41) is 2.08. The molecule has 0 atom stereocenters. The molecule has 0 aliphatic carbocycles. The van der Waals surface area contributed by atoms with E-state index in [0.717, 1.165) is 44.2 Å². The van der Waals surface area contributed by atoms with Gasteiger partial charge in [0.1, 0.15) is 11.2 Å². The van der Waals surface area contributed by atoms with Gasteiger partial charge >= 0.3 is 5.97 Å². The van der Waals surface area contributed by atoms with E-state index >= 15 is 0 Å². The number of rotatable bonds is 5.